The third-order valence-corrected chi connectivity index (χ3v) is 4.00. The number of aryl methyl sites for hydroxylation is 1. The molecular formula is C16H15N3O2S. The number of nitrogens with zero attached hydrogens (tertiary/aromatic N) is 3. The van der Waals surface area contributed by atoms with Crippen LogP contribution in [0.3, 0.4) is 0 Å². The first-order valence-electron chi connectivity index (χ1n) is 6.91. The Balaban J connectivity index is 1.59. The van der Waals surface area contributed by atoms with Crippen molar-refractivity contribution in [2.24, 2.45) is 0 Å². The molecule has 0 aliphatic heterocycles. The zero-order chi connectivity index (χ0) is 15.4. The minimum absolute atomic E-state index is 0.0153. The molecule has 0 N–H and O–H groups in total. The summed E-state index contributed by atoms with van der Waals surface area (Å²) in [7, 11) is 1.77. The number of hydrogen-bond acceptors (Lipinski definition) is 5. The molecule has 0 aliphatic rings. The van der Waals surface area contributed by atoms with Gasteiger partial charge in [0.2, 0.25) is 17.6 Å². The first-order chi connectivity index (χ1) is 10.7. The lowest BCUT2D eigenvalue weighted by Crippen LogP contribution is -2.26. The second-order valence-electron chi connectivity index (χ2n) is 4.81. The van der Waals surface area contributed by atoms with E-state index in [0.717, 1.165) is 11.3 Å². The maximum absolute atomic E-state index is 12.2. The molecule has 5 nitrogen and oxygen atoms in total. The number of hydrogen-bond donors (Lipinski definition) is 0. The van der Waals surface area contributed by atoms with Gasteiger partial charge in [-0.15, -0.1) is 0 Å². The molecule has 1 aromatic carbocycles. The van der Waals surface area contributed by atoms with E-state index in [1.807, 2.05) is 47.2 Å². The summed E-state index contributed by atoms with van der Waals surface area (Å²) < 4.78 is 5.20. The van der Waals surface area contributed by atoms with Crippen LogP contribution in [0.4, 0.5) is 5.69 Å². The van der Waals surface area contributed by atoms with Crippen LogP contribution in [0.25, 0.3) is 11.4 Å². The van der Waals surface area contributed by atoms with Gasteiger partial charge in [0.05, 0.1) is 0 Å². The Morgan fingerprint density at radius 3 is 2.82 bits per heavy atom. The molecule has 0 unspecified atom stereocenters. The zero-order valence-corrected chi connectivity index (χ0v) is 12.9. The molecule has 3 rings (SSSR count). The van der Waals surface area contributed by atoms with Crippen LogP contribution < -0.4 is 4.90 Å². The first-order valence-corrected chi connectivity index (χ1v) is 7.85. The maximum atomic E-state index is 12.2. The Hall–Kier alpha value is -2.47. The van der Waals surface area contributed by atoms with Gasteiger partial charge in [0.15, 0.2) is 0 Å². The van der Waals surface area contributed by atoms with E-state index in [4.69, 9.17) is 4.52 Å². The van der Waals surface area contributed by atoms with Crippen molar-refractivity contribution in [1.82, 2.24) is 10.1 Å². The van der Waals surface area contributed by atoms with Crippen LogP contribution in [-0.2, 0) is 11.2 Å². The number of benzene rings is 1. The Morgan fingerprint density at radius 1 is 1.27 bits per heavy atom. The minimum Gasteiger partial charge on any atom is -0.339 e. The predicted octanol–water partition coefficient (Wildman–Crippen LogP) is 3.39. The van der Waals surface area contributed by atoms with E-state index >= 15 is 0 Å². The summed E-state index contributed by atoms with van der Waals surface area (Å²) >= 11 is 1.58. The van der Waals surface area contributed by atoms with Crippen LogP contribution in [0.15, 0.2) is 51.7 Å². The fourth-order valence-electron chi connectivity index (χ4n) is 2.04. The number of carbonyl (C=O) groups is 1. The van der Waals surface area contributed by atoms with Crippen LogP contribution in [0.5, 0.6) is 0 Å². The SMILES string of the molecule is CN(C(=O)CCc1nc(-c2ccsc2)no1)c1ccccc1. The predicted molar refractivity (Wildman–Crippen MR) is 85.8 cm³/mol. The van der Waals surface area contributed by atoms with Gasteiger partial charge in [-0.2, -0.15) is 16.3 Å². The molecule has 0 fully saturated rings. The molecule has 22 heavy (non-hydrogen) atoms. The number of carbonyl (C=O) groups excluding carboxylic acids is 1. The summed E-state index contributed by atoms with van der Waals surface area (Å²) in [6.07, 6.45) is 0.768. The first kappa shape index (κ1) is 14.5. The Morgan fingerprint density at radius 2 is 2.09 bits per heavy atom. The summed E-state index contributed by atoms with van der Waals surface area (Å²) in [4.78, 5) is 18.1. The second-order valence-corrected chi connectivity index (χ2v) is 5.59. The van der Waals surface area contributed by atoms with Crippen molar-refractivity contribution in [2.45, 2.75) is 12.8 Å². The Labute approximate surface area is 132 Å². The number of para-hydroxylation sites is 1. The summed E-state index contributed by atoms with van der Waals surface area (Å²) in [6.45, 7) is 0. The van der Waals surface area contributed by atoms with Crippen LogP contribution in [-0.4, -0.2) is 23.1 Å². The van der Waals surface area contributed by atoms with Crippen LogP contribution in [0, 0.1) is 0 Å². The van der Waals surface area contributed by atoms with E-state index in [2.05, 4.69) is 10.1 Å². The van der Waals surface area contributed by atoms with Gasteiger partial charge in [-0.05, 0) is 23.6 Å². The molecule has 0 aliphatic carbocycles. The normalized spacial score (nSPS) is 10.6. The average molecular weight is 313 g/mol. The van der Waals surface area contributed by atoms with Crippen molar-refractivity contribution < 1.29 is 9.32 Å². The van der Waals surface area contributed by atoms with Crippen molar-refractivity contribution in [3.8, 4) is 11.4 Å². The number of anilines is 1. The zero-order valence-electron chi connectivity index (χ0n) is 12.1. The van der Waals surface area contributed by atoms with Gasteiger partial charge in [-0.25, -0.2) is 0 Å². The third kappa shape index (κ3) is 3.23. The van der Waals surface area contributed by atoms with Gasteiger partial charge < -0.3 is 9.42 Å². The molecule has 0 saturated heterocycles. The molecule has 0 radical (unpaired) electrons. The van der Waals surface area contributed by atoms with E-state index in [1.54, 1.807) is 23.3 Å². The van der Waals surface area contributed by atoms with Crippen molar-refractivity contribution in [2.75, 3.05) is 11.9 Å². The molecule has 0 saturated carbocycles. The van der Waals surface area contributed by atoms with Gasteiger partial charge in [-0.1, -0.05) is 23.4 Å². The lowest BCUT2D eigenvalue weighted by atomic mass is 10.2. The summed E-state index contributed by atoms with van der Waals surface area (Å²) in [6, 6.07) is 11.5. The van der Waals surface area contributed by atoms with E-state index in [9.17, 15) is 4.79 Å². The molecule has 0 bridgehead atoms. The molecule has 2 aromatic heterocycles. The average Bonchev–Trinajstić information content (AvgIpc) is 3.23. The summed E-state index contributed by atoms with van der Waals surface area (Å²) in [5.41, 5.74) is 1.81. The minimum atomic E-state index is 0.0153. The van der Waals surface area contributed by atoms with Crippen LogP contribution in [0.2, 0.25) is 0 Å². The highest BCUT2D eigenvalue weighted by atomic mass is 32.1. The van der Waals surface area contributed by atoms with Gasteiger partial charge >= 0.3 is 0 Å². The van der Waals surface area contributed by atoms with Crippen molar-refractivity contribution in [1.29, 1.82) is 0 Å². The Bertz CT molecular complexity index is 738. The number of aromatic nitrogens is 2. The standard InChI is InChI=1S/C16H15N3O2S/c1-19(13-5-3-2-4-6-13)15(20)8-7-14-17-16(18-21-14)12-9-10-22-11-12/h2-6,9-11H,7-8H2,1H3. The van der Waals surface area contributed by atoms with Gasteiger partial charge in [0, 0.05) is 36.5 Å². The van der Waals surface area contributed by atoms with Crippen molar-refractivity contribution in [3.05, 3.63) is 53.0 Å². The molecule has 1 amide bonds. The molecule has 112 valence electrons. The smallest absolute Gasteiger partial charge is 0.227 e. The molecule has 0 spiro atoms. The molecule has 6 heteroatoms. The van der Waals surface area contributed by atoms with E-state index < -0.39 is 0 Å². The Kier molecular flexibility index (Phi) is 4.29. The largest absolute Gasteiger partial charge is 0.339 e. The van der Waals surface area contributed by atoms with Gasteiger partial charge in [-0.3, -0.25) is 4.79 Å². The highest BCUT2D eigenvalue weighted by Gasteiger charge is 2.14. The molecule has 3 aromatic rings. The fraction of sp³-hybridized carbons (Fsp3) is 0.188. The third-order valence-electron chi connectivity index (χ3n) is 3.32. The van der Waals surface area contributed by atoms with E-state index in [0.29, 0.717) is 24.6 Å². The van der Waals surface area contributed by atoms with Crippen molar-refractivity contribution >= 4 is 22.9 Å². The number of rotatable bonds is 5. The lowest BCUT2D eigenvalue weighted by molar-refractivity contribution is -0.118. The summed E-state index contributed by atoms with van der Waals surface area (Å²) in [5, 5.41) is 7.86. The highest BCUT2D eigenvalue weighted by Crippen LogP contribution is 2.19. The van der Waals surface area contributed by atoms with Gasteiger partial charge in [0.25, 0.3) is 0 Å². The summed E-state index contributed by atoms with van der Waals surface area (Å²) in [5.74, 6) is 1.07. The molecule has 2 heterocycles. The topological polar surface area (TPSA) is 59.2 Å². The quantitative estimate of drug-likeness (QED) is 0.724. The monoisotopic (exact) mass is 313 g/mol. The highest BCUT2D eigenvalue weighted by molar-refractivity contribution is 7.08. The molecule has 0 atom stereocenters. The van der Waals surface area contributed by atoms with E-state index in [-0.39, 0.29) is 5.91 Å². The fourth-order valence-corrected chi connectivity index (χ4v) is 2.68. The van der Waals surface area contributed by atoms with Gasteiger partial charge in [0.1, 0.15) is 0 Å². The number of thiophene rings is 1. The maximum Gasteiger partial charge on any atom is 0.227 e. The van der Waals surface area contributed by atoms with Crippen LogP contribution in [0.1, 0.15) is 12.3 Å². The molecular weight excluding hydrogens is 298 g/mol. The lowest BCUT2D eigenvalue weighted by Gasteiger charge is -2.16. The van der Waals surface area contributed by atoms with Crippen LogP contribution >= 0.6 is 11.3 Å². The van der Waals surface area contributed by atoms with E-state index in [1.165, 1.54) is 0 Å². The second kappa shape index (κ2) is 6.53. The van der Waals surface area contributed by atoms with Crippen molar-refractivity contribution in [3.63, 3.8) is 0 Å². The number of amides is 1.